The van der Waals surface area contributed by atoms with Crippen LogP contribution in [0.1, 0.15) is 18.1 Å². The lowest BCUT2D eigenvalue weighted by Gasteiger charge is -2.10. The van der Waals surface area contributed by atoms with Crippen LogP contribution in [0.5, 0.6) is 5.75 Å². The fourth-order valence-corrected chi connectivity index (χ4v) is 2.61. The van der Waals surface area contributed by atoms with Gasteiger partial charge in [-0.3, -0.25) is 0 Å². The van der Waals surface area contributed by atoms with Crippen molar-refractivity contribution < 1.29 is 4.74 Å². The van der Waals surface area contributed by atoms with Crippen LogP contribution in [0.3, 0.4) is 0 Å². The lowest BCUT2D eigenvalue weighted by atomic mass is 10.1. The summed E-state index contributed by atoms with van der Waals surface area (Å²) in [5.74, 6) is 2.14. The minimum absolute atomic E-state index is 0.556. The fraction of sp³-hybridized carbons (Fsp3) is 0.200. The first kappa shape index (κ1) is 16.8. The molecule has 0 amide bonds. The molecule has 2 N–H and O–H groups in total. The Balaban J connectivity index is 1.72. The van der Waals surface area contributed by atoms with Gasteiger partial charge in [0.15, 0.2) is 0 Å². The summed E-state index contributed by atoms with van der Waals surface area (Å²) in [7, 11) is 0. The van der Waals surface area contributed by atoms with E-state index in [1.807, 2.05) is 37.3 Å². The van der Waals surface area contributed by atoms with Gasteiger partial charge in [-0.05, 0) is 74.4 Å². The van der Waals surface area contributed by atoms with Crippen LogP contribution < -0.4 is 15.4 Å². The van der Waals surface area contributed by atoms with E-state index < -0.39 is 0 Å². The van der Waals surface area contributed by atoms with Gasteiger partial charge in [0.1, 0.15) is 11.6 Å². The third-order valence-corrected chi connectivity index (χ3v) is 3.57. The molecule has 0 fully saturated rings. The monoisotopic (exact) mass is 334 g/mol. The molecule has 5 heteroatoms. The molecule has 0 aliphatic heterocycles. The van der Waals surface area contributed by atoms with Gasteiger partial charge in [-0.15, -0.1) is 0 Å². The van der Waals surface area contributed by atoms with Gasteiger partial charge in [0, 0.05) is 17.6 Å². The van der Waals surface area contributed by atoms with Crippen molar-refractivity contribution in [3.8, 4) is 5.75 Å². The Bertz CT molecular complexity index is 826. The van der Waals surface area contributed by atoms with Crippen LogP contribution >= 0.6 is 0 Å². The maximum atomic E-state index is 5.45. The highest BCUT2D eigenvalue weighted by molar-refractivity contribution is 5.60. The first-order chi connectivity index (χ1) is 12.1. The molecule has 128 valence electrons. The normalized spacial score (nSPS) is 10.4. The molecule has 0 spiro atoms. The third-order valence-electron chi connectivity index (χ3n) is 3.57. The van der Waals surface area contributed by atoms with Crippen molar-refractivity contribution in [2.75, 3.05) is 17.2 Å². The van der Waals surface area contributed by atoms with Crippen molar-refractivity contribution in [2.24, 2.45) is 0 Å². The van der Waals surface area contributed by atoms with Crippen LogP contribution in [0.25, 0.3) is 0 Å². The van der Waals surface area contributed by atoms with Crippen molar-refractivity contribution in [1.29, 1.82) is 0 Å². The Kier molecular flexibility index (Phi) is 5.14. The molecule has 0 aliphatic rings. The first-order valence-electron chi connectivity index (χ1n) is 8.30. The summed E-state index contributed by atoms with van der Waals surface area (Å²) in [5.41, 5.74) is 4.33. The van der Waals surface area contributed by atoms with Gasteiger partial charge in [-0.25, -0.2) is 4.98 Å². The zero-order valence-corrected chi connectivity index (χ0v) is 14.7. The highest BCUT2D eigenvalue weighted by Crippen LogP contribution is 2.21. The molecule has 3 aromatic rings. The fourth-order valence-electron chi connectivity index (χ4n) is 2.61. The molecule has 3 rings (SSSR count). The van der Waals surface area contributed by atoms with Crippen molar-refractivity contribution in [2.45, 2.75) is 20.8 Å². The van der Waals surface area contributed by atoms with Gasteiger partial charge < -0.3 is 15.4 Å². The molecule has 1 aromatic heterocycles. The Morgan fingerprint density at radius 1 is 0.880 bits per heavy atom. The second kappa shape index (κ2) is 7.66. The minimum atomic E-state index is 0.556. The standard InChI is InChI=1S/C20H22N4O/c1-4-25-18-7-5-16(6-8-18)22-19-9-10-21-20(24-19)23-17-12-14(2)11-15(3)13-17/h5-13H,4H2,1-3H3,(H2,21,22,23,24). The molecule has 0 aliphatic carbocycles. The van der Waals surface area contributed by atoms with Gasteiger partial charge in [0.05, 0.1) is 6.61 Å². The molecule has 1 heterocycles. The zero-order valence-electron chi connectivity index (χ0n) is 14.7. The van der Waals surface area contributed by atoms with Crippen LogP contribution in [0.15, 0.2) is 54.7 Å². The predicted octanol–water partition coefficient (Wildman–Crippen LogP) is 4.98. The highest BCUT2D eigenvalue weighted by Gasteiger charge is 2.03. The summed E-state index contributed by atoms with van der Waals surface area (Å²) >= 11 is 0. The van der Waals surface area contributed by atoms with Gasteiger partial charge in [-0.1, -0.05) is 6.07 Å². The summed E-state index contributed by atoms with van der Waals surface area (Å²) < 4.78 is 5.45. The Hall–Kier alpha value is -3.08. The smallest absolute Gasteiger partial charge is 0.229 e. The molecule has 0 unspecified atom stereocenters. The topological polar surface area (TPSA) is 59.1 Å². The van der Waals surface area contributed by atoms with Crippen molar-refractivity contribution in [3.63, 3.8) is 0 Å². The first-order valence-corrected chi connectivity index (χ1v) is 8.30. The maximum Gasteiger partial charge on any atom is 0.229 e. The molecule has 5 nitrogen and oxygen atoms in total. The summed E-state index contributed by atoms with van der Waals surface area (Å²) in [6, 6.07) is 15.9. The number of hydrogen-bond acceptors (Lipinski definition) is 5. The van der Waals surface area contributed by atoms with Gasteiger partial charge in [0.2, 0.25) is 5.95 Å². The number of aromatic nitrogens is 2. The molecule has 0 radical (unpaired) electrons. The van der Waals surface area contributed by atoms with E-state index in [-0.39, 0.29) is 0 Å². The van der Waals surface area contributed by atoms with Crippen LogP contribution in [-0.2, 0) is 0 Å². The van der Waals surface area contributed by atoms with E-state index in [9.17, 15) is 0 Å². The molecule has 0 saturated carbocycles. The SMILES string of the molecule is CCOc1ccc(Nc2ccnc(Nc3cc(C)cc(C)c3)n2)cc1. The van der Waals surface area contributed by atoms with E-state index in [4.69, 9.17) is 4.74 Å². The summed E-state index contributed by atoms with van der Waals surface area (Å²) in [6.07, 6.45) is 1.73. The quantitative estimate of drug-likeness (QED) is 0.666. The zero-order chi connectivity index (χ0) is 17.6. The lowest BCUT2D eigenvalue weighted by molar-refractivity contribution is 0.340. The summed E-state index contributed by atoms with van der Waals surface area (Å²) in [4.78, 5) is 8.81. The van der Waals surface area contributed by atoms with Crippen LogP contribution in [0, 0.1) is 13.8 Å². The minimum Gasteiger partial charge on any atom is -0.494 e. The molecular formula is C20H22N4O. The Labute approximate surface area is 148 Å². The van der Waals surface area contributed by atoms with Gasteiger partial charge in [-0.2, -0.15) is 4.98 Å². The number of rotatable bonds is 6. The summed E-state index contributed by atoms with van der Waals surface area (Å²) in [6.45, 7) is 6.77. The van der Waals surface area contributed by atoms with Crippen molar-refractivity contribution in [1.82, 2.24) is 9.97 Å². The van der Waals surface area contributed by atoms with E-state index in [1.165, 1.54) is 11.1 Å². The molecule has 0 saturated heterocycles. The molecule has 2 aromatic carbocycles. The largest absolute Gasteiger partial charge is 0.494 e. The Morgan fingerprint density at radius 2 is 1.60 bits per heavy atom. The van der Waals surface area contributed by atoms with Crippen molar-refractivity contribution >= 4 is 23.1 Å². The molecular weight excluding hydrogens is 312 g/mol. The number of benzene rings is 2. The van der Waals surface area contributed by atoms with E-state index >= 15 is 0 Å². The summed E-state index contributed by atoms with van der Waals surface area (Å²) in [5, 5.41) is 6.53. The highest BCUT2D eigenvalue weighted by atomic mass is 16.5. The number of aryl methyl sites for hydroxylation is 2. The molecule has 0 atom stereocenters. The third kappa shape index (κ3) is 4.70. The maximum absolute atomic E-state index is 5.45. The van der Waals surface area contributed by atoms with Gasteiger partial charge >= 0.3 is 0 Å². The number of anilines is 4. The van der Waals surface area contributed by atoms with Crippen LogP contribution in [0.4, 0.5) is 23.1 Å². The second-order valence-electron chi connectivity index (χ2n) is 5.85. The van der Waals surface area contributed by atoms with Crippen LogP contribution in [-0.4, -0.2) is 16.6 Å². The van der Waals surface area contributed by atoms with E-state index in [2.05, 4.69) is 52.6 Å². The molecule has 0 bridgehead atoms. The number of nitrogens with one attached hydrogen (secondary N) is 2. The van der Waals surface area contributed by atoms with Crippen molar-refractivity contribution in [3.05, 3.63) is 65.9 Å². The van der Waals surface area contributed by atoms with E-state index in [0.717, 1.165) is 22.9 Å². The average Bonchev–Trinajstić information content (AvgIpc) is 2.56. The lowest BCUT2D eigenvalue weighted by Crippen LogP contribution is -2.01. The number of nitrogens with zero attached hydrogens (tertiary/aromatic N) is 2. The van der Waals surface area contributed by atoms with Crippen LogP contribution in [0.2, 0.25) is 0 Å². The van der Waals surface area contributed by atoms with E-state index in [0.29, 0.717) is 12.6 Å². The second-order valence-corrected chi connectivity index (χ2v) is 5.85. The van der Waals surface area contributed by atoms with Gasteiger partial charge in [0.25, 0.3) is 0 Å². The van der Waals surface area contributed by atoms with E-state index in [1.54, 1.807) is 6.20 Å². The number of ether oxygens (including phenoxy) is 1. The predicted molar refractivity (Wildman–Crippen MR) is 102 cm³/mol. The molecule has 25 heavy (non-hydrogen) atoms. The number of hydrogen-bond donors (Lipinski definition) is 2. The Morgan fingerprint density at radius 3 is 2.28 bits per heavy atom. The average molecular weight is 334 g/mol.